The fraction of sp³-hybridized carbons (Fsp3) is 0.438. The maximum atomic E-state index is 9.18. The number of nitriles is 1. The van der Waals surface area contributed by atoms with Crippen LogP contribution in [0.3, 0.4) is 0 Å². The van der Waals surface area contributed by atoms with Crippen LogP contribution in [0.2, 0.25) is 0 Å². The minimum absolute atomic E-state index is 0.591. The monoisotopic (exact) mass is 348 g/mol. The highest BCUT2D eigenvalue weighted by Crippen LogP contribution is 2.40. The Balaban J connectivity index is 2.09. The molecule has 20 heavy (non-hydrogen) atoms. The van der Waals surface area contributed by atoms with Crippen LogP contribution in [0, 0.1) is 18.3 Å². The van der Waals surface area contributed by atoms with E-state index < -0.39 is 0 Å². The lowest BCUT2D eigenvalue weighted by molar-refractivity contribution is 0.536. The molecule has 2 aromatic rings. The Kier molecular flexibility index (Phi) is 3.83. The molecule has 0 saturated heterocycles. The summed E-state index contributed by atoms with van der Waals surface area (Å²) in [7, 11) is 0. The Bertz CT molecular complexity index is 699. The van der Waals surface area contributed by atoms with Gasteiger partial charge in [-0.2, -0.15) is 17.0 Å². The number of aromatic nitrogens is 1. The van der Waals surface area contributed by atoms with Crippen molar-refractivity contribution in [3.8, 4) is 6.07 Å². The highest BCUT2D eigenvalue weighted by Gasteiger charge is 2.26. The van der Waals surface area contributed by atoms with Gasteiger partial charge >= 0.3 is 0 Å². The molecule has 1 aromatic heterocycles. The smallest absolute Gasteiger partial charge is 0.0994 e. The van der Waals surface area contributed by atoms with Crippen molar-refractivity contribution in [1.29, 1.82) is 5.26 Å². The van der Waals surface area contributed by atoms with Crippen LogP contribution >= 0.6 is 27.7 Å². The van der Waals surface area contributed by atoms with Gasteiger partial charge in [0.15, 0.2) is 0 Å². The molecule has 0 aliphatic heterocycles. The van der Waals surface area contributed by atoms with Gasteiger partial charge in [-0.3, -0.25) is 0 Å². The molecule has 2 atom stereocenters. The maximum Gasteiger partial charge on any atom is 0.0994 e. The number of hydrogen-bond acceptors (Lipinski definition) is 2. The van der Waals surface area contributed by atoms with E-state index in [9.17, 15) is 5.26 Å². The molecule has 2 nitrogen and oxygen atoms in total. The van der Waals surface area contributed by atoms with E-state index in [1.807, 2.05) is 24.8 Å². The summed E-state index contributed by atoms with van der Waals surface area (Å²) >= 11 is 5.63. The van der Waals surface area contributed by atoms with Gasteiger partial charge in [-0.1, -0.05) is 0 Å². The van der Waals surface area contributed by atoms with Crippen LogP contribution in [0.4, 0.5) is 0 Å². The van der Waals surface area contributed by atoms with Crippen LogP contribution in [0.15, 0.2) is 22.8 Å². The molecule has 1 fully saturated rings. The lowest BCUT2D eigenvalue weighted by Crippen LogP contribution is -2.04. The Morgan fingerprint density at radius 2 is 2.20 bits per heavy atom. The molecule has 0 amide bonds. The summed E-state index contributed by atoms with van der Waals surface area (Å²) < 4.78 is 3.50. The molecule has 0 N–H and O–H groups in total. The van der Waals surface area contributed by atoms with E-state index in [0.29, 0.717) is 6.04 Å². The molecule has 0 spiro atoms. The van der Waals surface area contributed by atoms with Gasteiger partial charge in [0.25, 0.3) is 0 Å². The Hall–Kier alpha value is -0.920. The zero-order valence-electron chi connectivity index (χ0n) is 11.7. The number of nitrogens with zero attached hydrogens (tertiary/aromatic N) is 2. The molecule has 1 heterocycles. The molecule has 0 unspecified atom stereocenters. The molecule has 3 rings (SSSR count). The number of benzene rings is 1. The van der Waals surface area contributed by atoms with Gasteiger partial charge in [-0.15, -0.1) is 0 Å². The Morgan fingerprint density at radius 1 is 1.40 bits per heavy atom. The number of fused-ring (bicyclic) bond motifs is 1. The van der Waals surface area contributed by atoms with Gasteiger partial charge in [-0.05, 0) is 66.1 Å². The van der Waals surface area contributed by atoms with E-state index in [2.05, 4.69) is 45.1 Å². The van der Waals surface area contributed by atoms with Crippen LogP contribution in [-0.2, 0) is 0 Å². The number of aryl methyl sites for hydroxylation is 1. The first-order valence-electron chi connectivity index (χ1n) is 6.87. The number of rotatable bonds is 2. The molecule has 1 aliphatic carbocycles. The average molecular weight is 349 g/mol. The molecule has 1 saturated carbocycles. The van der Waals surface area contributed by atoms with Gasteiger partial charge in [-0.25, -0.2) is 0 Å². The number of hydrogen-bond donors (Lipinski definition) is 0. The second-order valence-corrected chi connectivity index (χ2v) is 7.50. The predicted octanol–water partition coefficient (Wildman–Crippen LogP) is 5.04. The average Bonchev–Trinajstić information content (AvgIpc) is 3.03. The van der Waals surface area contributed by atoms with E-state index in [4.69, 9.17) is 0 Å². The van der Waals surface area contributed by atoms with Crippen molar-refractivity contribution in [3.63, 3.8) is 0 Å². The first-order valence-corrected chi connectivity index (χ1v) is 8.95. The first-order chi connectivity index (χ1) is 9.63. The summed E-state index contributed by atoms with van der Waals surface area (Å²) in [5, 5.41) is 11.1. The van der Waals surface area contributed by atoms with Gasteiger partial charge < -0.3 is 4.57 Å². The lowest BCUT2D eigenvalue weighted by Gasteiger charge is -2.14. The van der Waals surface area contributed by atoms with Crippen LogP contribution in [0.25, 0.3) is 10.9 Å². The maximum absolute atomic E-state index is 9.18. The van der Waals surface area contributed by atoms with Crippen molar-refractivity contribution in [2.45, 2.75) is 37.5 Å². The van der Waals surface area contributed by atoms with Crippen molar-refractivity contribution >= 4 is 38.6 Å². The Morgan fingerprint density at radius 3 is 2.85 bits per heavy atom. The van der Waals surface area contributed by atoms with Gasteiger partial charge in [0.1, 0.15) is 0 Å². The van der Waals surface area contributed by atoms with Gasteiger partial charge in [0, 0.05) is 32.9 Å². The van der Waals surface area contributed by atoms with Crippen LogP contribution in [-0.4, -0.2) is 16.1 Å². The van der Waals surface area contributed by atoms with E-state index in [1.54, 1.807) is 0 Å². The molecule has 4 heteroatoms. The van der Waals surface area contributed by atoms with Crippen LogP contribution < -0.4 is 0 Å². The third-order valence-corrected chi connectivity index (χ3v) is 6.06. The standard InChI is InChI=1S/C16H17BrN2S/c1-10-5-16-14(6-11(10)8-18)15(17)9-19(16)12-3-4-13(7-12)20-2/h5-6,9,12-13H,3-4,7H2,1-2H3/t12-,13-/m1/s1. The summed E-state index contributed by atoms with van der Waals surface area (Å²) in [4.78, 5) is 0. The summed E-state index contributed by atoms with van der Waals surface area (Å²) in [6, 6.07) is 7.03. The van der Waals surface area contributed by atoms with E-state index >= 15 is 0 Å². The van der Waals surface area contributed by atoms with Gasteiger partial charge in [0.2, 0.25) is 0 Å². The molecule has 1 aliphatic rings. The summed E-state index contributed by atoms with van der Waals surface area (Å²) in [5.74, 6) is 0. The first kappa shape index (κ1) is 14.0. The summed E-state index contributed by atoms with van der Waals surface area (Å²) in [5.41, 5.74) is 3.08. The topological polar surface area (TPSA) is 28.7 Å². The van der Waals surface area contributed by atoms with Crippen molar-refractivity contribution in [2.75, 3.05) is 6.26 Å². The van der Waals surface area contributed by atoms with Crippen molar-refractivity contribution in [3.05, 3.63) is 33.9 Å². The molecule has 104 valence electrons. The lowest BCUT2D eigenvalue weighted by atomic mass is 10.1. The Labute approximate surface area is 132 Å². The van der Waals surface area contributed by atoms with Crippen LogP contribution in [0.1, 0.15) is 36.4 Å². The fourth-order valence-electron chi connectivity index (χ4n) is 3.17. The third-order valence-electron chi connectivity index (χ3n) is 4.33. The third kappa shape index (κ3) is 2.27. The number of halogens is 1. The molecule has 0 bridgehead atoms. The minimum atomic E-state index is 0.591. The van der Waals surface area contributed by atoms with Crippen LogP contribution in [0.5, 0.6) is 0 Å². The highest BCUT2D eigenvalue weighted by molar-refractivity contribution is 9.10. The van der Waals surface area contributed by atoms with Gasteiger partial charge in [0.05, 0.1) is 11.6 Å². The van der Waals surface area contributed by atoms with Crippen molar-refractivity contribution in [2.24, 2.45) is 0 Å². The normalized spacial score (nSPS) is 22.3. The van der Waals surface area contributed by atoms with E-state index in [-0.39, 0.29) is 0 Å². The largest absolute Gasteiger partial charge is 0.343 e. The van der Waals surface area contributed by atoms with E-state index in [1.165, 1.54) is 24.8 Å². The second-order valence-electron chi connectivity index (χ2n) is 5.50. The highest BCUT2D eigenvalue weighted by atomic mass is 79.9. The quantitative estimate of drug-likeness (QED) is 0.760. The molecule has 0 radical (unpaired) electrons. The number of thioether (sulfide) groups is 1. The summed E-state index contributed by atoms with van der Waals surface area (Å²) in [6.07, 6.45) is 8.20. The summed E-state index contributed by atoms with van der Waals surface area (Å²) in [6.45, 7) is 2.02. The molecular weight excluding hydrogens is 332 g/mol. The molecular formula is C16H17BrN2S. The predicted molar refractivity (Wildman–Crippen MR) is 89.3 cm³/mol. The zero-order chi connectivity index (χ0) is 14.3. The van der Waals surface area contributed by atoms with E-state index in [0.717, 1.165) is 26.2 Å². The second kappa shape index (κ2) is 5.46. The zero-order valence-corrected chi connectivity index (χ0v) is 14.1. The SMILES string of the molecule is CS[C@@H]1CC[C@@H](n2cc(Br)c3cc(C#N)c(C)cc32)C1. The van der Waals surface area contributed by atoms with Crippen molar-refractivity contribution in [1.82, 2.24) is 4.57 Å². The molecule has 1 aromatic carbocycles. The minimum Gasteiger partial charge on any atom is -0.343 e. The fourth-order valence-corrected chi connectivity index (χ4v) is 4.49. The van der Waals surface area contributed by atoms with Crippen molar-refractivity contribution < 1.29 is 0 Å².